The van der Waals surface area contributed by atoms with Crippen molar-refractivity contribution in [1.82, 2.24) is 10.3 Å². The summed E-state index contributed by atoms with van der Waals surface area (Å²) in [7, 11) is 5.71. The SMILES string of the molecule is COc1nc(N(C)C)sc1CNC1(C)CCCC1. The van der Waals surface area contributed by atoms with Crippen molar-refractivity contribution in [2.75, 3.05) is 26.1 Å². The summed E-state index contributed by atoms with van der Waals surface area (Å²) >= 11 is 1.70. The molecule has 2 rings (SSSR count). The van der Waals surface area contributed by atoms with Crippen LogP contribution in [0, 0.1) is 0 Å². The number of nitrogens with one attached hydrogen (secondary N) is 1. The molecule has 102 valence electrons. The van der Waals surface area contributed by atoms with Crippen molar-refractivity contribution >= 4 is 16.5 Å². The van der Waals surface area contributed by atoms with E-state index in [9.17, 15) is 0 Å². The summed E-state index contributed by atoms with van der Waals surface area (Å²) < 4.78 is 5.36. The lowest BCUT2D eigenvalue weighted by Gasteiger charge is -2.25. The standard InChI is InChI=1S/C13H23N3OS/c1-13(7-5-6-8-13)14-9-10-11(17-4)15-12(18-10)16(2)3/h14H,5-9H2,1-4H3. The highest BCUT2D eigenvalue weighted by Gasteiger charge is 2.28. The van der Waals surface area contributed by atoms with Crippen molar-refractivity contribution in [2.24, 2.45) is 0 Å². The van der Waals surface area contributed by atoms with Crippen LogP contribution in [0.25, 0.3) is 0 Å². The molecule has 0 aliphatic heterocycles. The van der Waals surface area contributed by atoms with Gasteiger partial charge in [0, 0.05) is 26.2 Å². The fourth-order valence-electron chi connectivity index (χ4n) is 2.41. The summed E-state index contributed by atoms with van der Waals surface area (Å²) in [6, 6.07) is 0. The zero-order chi connectivity index (χ0) is 13.2. The molecule has 0 unspecified atom stereocenters. The van der Waals surface area contributed by atoms with Gasteiger partial charge in [-0.15, -0.1) is 0 Å². The van der Waals surface area contributed by atoms with Gasteiger partial charge in [-0.1, -0.05) is 24.2 Å². The molecule has 0 atom stereocenters. The summed E-state index contributed by atoms with van der Waals surface area (Å²) in [4.78, 5) is 7.69. The molecule has 1 aromatic heterocycles. The number of hydrogen-bond acceptors (Lipinski definition) is 5. The smallest absolute Gasteiger partial charge is 0.230 e. The van der Waals surface area contributed by atoms with Crippen molar-refractivity contribution in [3.05, 3.63) is 4.88 Å². The highest BCUT2D eigenvalue weighted by Crippen LogP contribution is 2.33. The average Bonchev–Trinajstić information content (AvgIpc) is 2.93. The topological polar surface area (TPSA) is 37.4 Å². The molecule has 1 aromatic rings. The monoisotopic (exact) mass is 269 g/mol. The fraction of sp³-hybridized carbons (Fsp3) is 0.769. The number of rotatable bonds is 5. The molecule has 0 spiro atoms. The van der Waals surface area contributed by atoms with Crippen LogP contribution in [0.2, 0.25) is 0 Å². The summed E-state index contributed by atoms with van der Waals surface area (Å²) in [6.45, 7) is 3.17. The molecule has 0 aromatic carbocycles. The van der Waals surface area contributed by atoms with Crippen molar-refractivity contribution in [3.63, 3.8) is 0 Å². The lowest BCUT2D eigenvalue weighted by molar-refractivity contribution is 0.354. The van der Waals surface area contributed by atoms with Crippen LogP contribution in [-0.2, 0) is 6.54 Å². The van der Waals surface area contributed by atoms with E-state index in [1.54, 1.807) is 18.4 Å². The van der Waals surface area contributed by atoms with Gasteiger partial charge in [0.05, 0.1) is 12.0 Å². The zero-order valence-corrected chi connectivity index (χ0v) is 12.6. The molecular weight excluding hydrogens is 246 g/mol. The minimum Gasteiger partial charge on any atom is -0.480 e. The first-order chi connectivity index (χ1) is 8.54. The van der Waals surface area contributed by atoms with E-state index in [1.807, 2.05) is 19.0 Å². The van der Waals surface area contributed by atoms with Crippen LogP contribution in [-0.4, -0.2) is 31.7 Å². The van der Waals surface area contributed by atoms with Crippen LogP contribution in [0.15, 0.2) is 0 Å². The fourth-order valence-corrected chi connectivity index (χ4v) is 3.31. The van der Waals surface area contributed by atoms with E-state index in [2.05, 4.69) is 17.2 Å². The van der Waals surface area contributed by atoms with Gasteiger partial charge in [0.25, 0.3) is 0 Å². The van der Waals surface area contributed by atoms with E-state index in [4.69, 9.17) is 4.74 Å². The molecule has 0 bridgehead atoms. The summed E-state index contributed by atoms with van der Waals surface area (Å²) in [6.07, 6.45) is 5.22. The number of methoxy groups -OCH3 is 1. The van der Waals surface area contributed by atoms with Crippen LogP contribution >= 0.6 is 11.3 Å². The van der Waals surface area contributed by atoms with Gasteiger partial charge < -0.3 is 15.0 Å². The summed E-state index contributed by atoms with van der Waals surface area (Å²) in [5.74, 6) is 0.762. The summed E-state index contributed by atoms with van der Waals surface area (Å²) in [5.41, 5.74) is 0.299. The van der Waals surface area contributed by atoms with Gasteiger partial charge in [0.15, 0.2) is 5.13 Å². The summed E-state index contributed by atoms with van der Waals surface area (Å²) in [5, 5.41) is 4.67. The lowest BCUT2D eigenvalue weighted by atomic mass is 10.0. The Morgan fingerprint density at radius 2 is 2.06 bits per heavy atom. The highest BCUT2D eigenvalue weighted by atomic mass is 32.1. The maximum atomic E-state index is 5.36. The average molecular weight is 269 g/mol. The molecule has 1 saturated carbocycles. The van der Waals surface area contributed by atoms with Gasteiger partial charge in [-0.25, -0.2) is 0 Å². The molecular formula is C13H23N3OS. The minimum atomic E-state index is 0.299. The quantitative estimate of drug-likeness (QED) is 0.891. The van der Waals surface area contributed by atoms with Gasteiger partial charge in [-0.2, -0.15) is 4.98 Å². The maximum Gasteiger partial charge on any atom is 0.230 e. The first-order valence-electron chi connectivity index (χ1n) is 6.50. The lowest BCUT2D eigenvalue weighted by Crippen LogP contribution is -2.38. The molecule has 0 saturated heterocycles. The third kappa shape index (κ3) is 2.95. The zero-order valence-electron chi connectivity index (χ0n) is 11.7. The Labute approximate surface area is 113 Å². The molecule has 5 heteroatoms. The molecule has 0 amide bonds. The first kappa shape index (κ1) is 13.6. The Morgan fingerprint density at radius 3 is 2.61 bits per heavy atom. The number of nitrogens with zero attached hydrogens (tertiary/aromatic N) is 2. The van der Waals surface area contributed by atoms with Crippen LogP contribution in [0.5, 0.6) is 5.88 Å². The largest absolute Gasteiger partial charge is 0.480 e. The van der Waals surface area contributed by atoms with Crippen molar-refractivity contribution in [1.29, 1.82) is 0 Å². The number of hydrogen-bond donors (Lipinski definition) is 1. The third-order valence-corrected chi connectivity index (χ3v) is 4.81. The molecule has 1 heterocycles. The Balaban J connectivity index is 2.03. The molecule has 1 aliphatic carbocycles. The van der Waals surface area contributed by atoms with E-state index in [1.165, 1.54) is 30.6 Å². The van der Waals surface area contributed by atoms with Gasteiger partial charge in [-0.3, -0.25) is 0 Å². The number of anilines is 1. The Kier molecular flexibility index (Phi) is 4.12. The molecule has 18 heavy (non-hydrogen) atoms. The predicted molar refractivity (Wildman–Crippen MR) is 76.7 cm³/mol. The van der Waals surface area contributed by atoms with Crippen LogP contribution < -0.4 is 15.0 Å². The van der Waals surface area contributed by atoms with Crippen LogP contribution in [0.1, 0.15) is 37.5 Å². The number of thiazole rings is 1. The van der Waals surface area contributed by atoms with Crippen LogP contribution in [0.4, 0.5) is 5.13 Å². The maximum absolute atomic E-state index is 5.36. The van der Waals surface area contributed by atoms with Gasteiger partial charge in [0.1, 0.15) is 0 Å². The second kappa shape index (κ2) is 5.45. The predicted octanol–water partition coefficient (Wildman–Crippen LogP) is 2.64. The molecule has 1 fully saturated rings. The van der Waals surface area contributed by atoms with E-state index in [-0.39, 0.29) is 0 Å². The van der Waals surface area contributed by atoms with Crippen LogP contribution in [0.3, 0.4) is 0 Å². The first-order valence-corrected chi connectivity index (χ1v) is 7.32. The second-order valence-corrected chi connectivity index (χ2v) is 6.51. The number of ether oxygens (including phenoxy) is 1. The van der Waals surface area contributed by atoms with Crippen molar-refractivity contribution in [3.8, 4) is 5.88 Å². The van der Waals surface area contributed by atoms with Gasteiger partial charge in [0.2, 0.25) is 5.88 Å². The van der Waals surface area contributed by atoms with Crippen molar-refractivity contribution in [2.45, 2.75) is 44.7 Å². The molecule has 0 radical (unpaired) electrons. The minimum absolute atomic E-state index is 0.299. The molecule has 1 aliphatic rings. The highest BCUT2D eigenvalue weighted by molar-refractivity contribution is 7.15. The van der Waals surface area contributed by atoms with Gasteiger partial charge in [-0.05, 0) is 19.8 Å². The molecule has 1 N–H and O–H groups in total. The van der Waals surface area contributed by atoms with Crippen molar-refractivity contribution < 1.29 is 4.74 Å². The number of aromatic nitrogens is 1. The molecule has 4 nitrogen and oxygen atoms in total. The van der Waals surface area contributed by atoms with E-state index < -0.39 is 0 Å². The Hall–Kier alpha value is -0.810. The van der Waals surface area contributed by atoms with E-state index in [0.717, 1.165) is 17.6 Å². The van der Waals surface area contributed by atoms with E-state index in [0.29, 0.717) is 5.54 Å². The second-order valence-electron chi connectivity index (χ2n) is 5.44. The third-order valence-electron chi connectivity index (χ3n) is 3.61. The van der Waals surface area contributed by atoms with Gasteiger partial charge >= 0.3 is 0 Å². The Morgan fingerprint density at radius 1 is 1.39 bits per heavy atom. The normalized spacial score (nSPS) is 18.0. The Bertz CT molecular complexity index is 397. The van der Waals surface area contributed by atoms with E-state index >= 15 is 0 Å².